The molecule has 0 spiro atoms. The van der Waals surface area contributed by atoms with Gasteiger partial charge in [-0.1, -0.05) is 42.0 Å². The van der Waals surface area contributed by atoms with Gasteiger partial charge in [-0.2, -0.15) is 0 Å². The van der Waals surface area contributed by atoms with Crippen LogP contribution in [0.15, 0.2) is 53.4 Å². The highest BCUT2D eigenvalue weighted by molar-refractivity contribution is 7.89. The van der Waals surface area contributed by atoms with Crippen LogP contribution in [0.5, 0.6) is 0 Å². The minimum absolute atomic E-state index is 0.281. The molecule has 0 bridgehead atoms. The molecule has 0 unspecified atom stereocenters. The first-order chi connectivity index (χ1) is 8.53. The molecule has 0 saturated carbocycles. The number of sulfonamides is 1. The van der Waals surface area contributed by atoms with Crippen LogP contribution in [0, 0.1) is 6.92 Å². The molecule has 1 N–H and O–H groups in total. The molecule has 0 aliphatic carbocycles. The van der Waals surface area contributed by atoms with Gasteiger partial charge in [-0.15, -0.1) is 0 Å². The van der Waals surface area contributed by atoms with Crippen LogP contribution in [-0.4, -0.2) is 15.5 Å². The van der Waals surface area contributed by atoms with E-state index in [-0.39, 0.29) is 4.90 Å². The molecule has 0 saturated heterocycles. The minimum atomic E-state index is -3.39. The van der Waals surface area contributed by atoms with Crippen LogP contribution in [0.3, 0.4) is 0 Å². The molecule has 2 aromatic carbocycles. The number of benzene rings is 2. The van der Waals surface area contributed by atoms with Crippen LogP contribution in [0.4, 0.5) is 0 Å². The van der Waals surface area contributed by atoms with Gasteiger partial charge in [-0.25, -0.2) is 13.1 Å². The second-order valence-electron chi connectivity index (χ2n) is 4.10. The fourth-order valence-electron chi connectivity index (χ4n) is 1.71. The van der Waals surface area contributed by atoms with E-state index in [9.17, 15) is 8.42 Å². The fourth-order valence-corrected chi connectivity index (χ4v) is 2.48. The van der Waals surface area contributed by atoms with Gasteiger partial charge >= 0.3 is 0 Å². The van der Waals surface area contributed by atoms with Crippen molar-refractivity contribution < 1.29 is 8.42 Å². The van der Waals surface area contributed by atoms with Crippen LogP contribution in [0.1, 0.15) is 5.56 Å². The third kappa shape index (κ3) is 2.60. The van der Waals surface area contributed by atoms with E-state index in [0.717, 1.165) is 11.1 Å². The SMILES string of the molecule is CNS(=O)(=O)c1cccc(-c2ccc(C)cc2)c1. The normalized spacial score (nSPS) is 11.4. The van der Waals surface area contributed by atoms with Gasteiger partial charge in [0.1, 0.15) is 0 Å². The number of hydrogen-bond acceptors (Lipinski definition) is 2. The van der Waals surface area contributed by atoms with Crippen molar-refractivity contribution in [2.45, 2.75) is 11.8 Å². The van der Waals surface area contributed by atoms with Gasteiger partial charge in [0.05, 0.1) is 4.90 Å². The van der Waals surface area contributed by atoms with Gasteiger partial charge in [0.25, 0.3) is 0 Å². The molecule has 3 nitrogen and oxygen atoms in total. The molecular weight excluding hydrogens is 246 g/mol. The standard InChI is InChI=1S/C14H15NO2S/c1-11-6-8-12(9-7-11)13-4-3-5-14(10-13)18(16,17)15-2/h3-10,15H,1-2H3. The molecule has 4 heteroatoms. The van der Waals surface area contributed by atoms with Gasteiger partial charge in [-0.05, 0) is 37.2 Å². The second kappa shape index (κ2) is 4.92. The minimum Gasteiger partial charge on any atom is -0.214 e. The van der Waals surface area contributed by atoms with Gasteiger partial charge in [0.2, 0.25) is 10.0 Å². The monoisotopic (exact) mass is 261 g/mol. The fraction of sp³-hybridized carbons (Fsp3) is 0.143. The maximum atomic E-state index is 11.7. The Bertz CT molecular complexity index is 646. The molecule has 0 atom stereocenters. The molecule has 94 valence electrons. The molecule has 2 aromatic rings. The van der Waals surface area contributed by atoms with Crippen LogP contribution in [0.2, 0.25) is 0 Å². The van der Waals surface area contributed by atoms with Crippen molar-refractivity contribution in [3.05, 3.63) is 54.1 Å². The van der Waals surface area contributed by atoms with Crippen molar-refractivity contribution in [1.29, 1.82) is 0 Å². The summed E-state index contributed by atoms with van der Waals surface area (Å²) in [5.41, 5.74) is 3.08. The summed E-state index contributed by atoms with van der Waals surface area (Å²) < 4.78 is 25.8. The zero-order valence-corrected chi connectivity index (χ0v) is 11.2. The highest BCUT2D eigenvalue weighted by atomic mass is 32.2. The quantitative estimate of drug-likeness (QED) is 0.923. The first kappa shape index (κ1) is 12.8. The molecular formula is C14H15NO2S. The first-order valence-corrected chi connectivity index (χ1v) is 7.12. The molecule has 0 fully saturated rings. The Morgan fingerprint density at radius 1 is 0.944 bits per heavy atom. The third-order valence-corrected chi connectivity index (χ3v) is 4.21. The van der Waals surface area contributed by atoms with Gasteiger partial charge in [-0.3, -0.25) is 0 Å². The van der Waals surface area contributed by atoms with Crippen molar-refractivity contribution in [2.24, 2.45) is 0 Å². The van der Waals surface area contributed by atoms with E-state index in [0.29, 0.717) is 0 Å². The van der Waals surface area contributed by atoms with E-state index < -0.39 is 10.0 Å². The summed E-state index contributed by atoms with van der Waals surface area (Å²) in [6, 6.07) is 14.9. The Morgan fingerprint density at radius 3 is 2.22 bits per heavy atom. The lowest BCUT2D eigenvalue weighted by Gasteiger charge is -2.06. The number of nitrogens with one attached hydrogen (secondary N) is 1. The Labute approximate surface area is 108 Å². The molecule has 0 aliphatic rings. The second-order valence-corrected chi connectivity index (χ2v) is 5.99. The molecule has 0 aromatic heterocycles. The zero-order valence-electron chi connectivity index (χ0n) is 10.3. The molecule has 0 radical (unpaired) electrons. The van der Waals surface area contributed by atoms with Crippen LogP contribution in [-0.2, 0) is 10.0 Å². The third-order valence-electron chi connectivity index (χ3n) is 2.80. The van der Waals surface area contributed by atoms with E-state index in [1.165, 1.54) is 12.6 Å². The molecule has 0 heterocycles. The van der Waals surface area contributed by atoms with Crippen molar-refractivity contribution in [3.8, 4) is 11.1 Å². The molecule has 2 rings (SSSR count). The van der Waals surface area contributed by atoms with E-state index in [2.05, 4.69) is 4.72 Å². The summed E-state index contributed by atoms with van der Waals surface area (Å²) in [6.45, 7) is 2.02. The van der Waals surface area contributed by atoms with Crippen LogP contribution < -0.4 is 4.72 Å². The Balaban J connectivity index is 2.48. The van der Waals surface area contributed by atoms with E-state index in [4.69, 9.17) is 0 Å². The van der Waals surface area contributed by atoms with Gasteiger partial charge in [0, 0.05) is 0 Å². The maximum Gasteiger partial charge on any atom is 0.240 e. The largest absolute Gasteiger partial charge is 0.240 e. The highest BCUT2D eigenvalue weighted by Crippen LogP contribution is 2.22. The van der Waals surface area contributed by atoms with Crippen molar-refractivity contribution >= 4 is 10.0 Å². The molecule has 0 aliphatic heterocycles. The van der Waals surface area contributed by atoms with Crippen molar-refractivity contribution in [1.82, 2.24) is 4.72 Å². The Morgan fingerprint density at radius 2 is 1.61 bits per heavy atom. The number of aryl methyl sites for hydroxylation is 1. The van der Waals surface area contributed by atoms with Crippen LogP contribution in [0.25, 0.3) is 11.1 Å². The van der Waals surface area contributed by atoms with Gasteiger partial charge in [0.15, 0.2) is 0 Å². The summed E-state index contributed by atoms with van der Waals surface area (Å²) in [7, 11) is -1.98. The maximum absolute atomic E-state index is 11.7. The zero-order chi connectivity index (χ0) is 13.2. The first-order valence-electron chi connectivity index (χ1n) is 5.63. The van der Waals surface area contributed by atoms with Crippen LogP contribution >= 0.6 is 0 Å². The Hall–Kier alpha value is -1.65. The Kier molecular flexibility index (Phi) is 3.50. The summed E-state index contributed by atoms with van der Waals surface area (Å²) >= 11 is 0. The van der Waals surface area contributed by atoms with Crippen molar-refractivity contribution in [2.75, 3.05) is 7.05 Å². The summed E-state index contributed by atoms with van der Waals surface area (Å²) in [4.78, 5) is 0.281. The molecule has 18 heavy (non-hydrogen) atoms. The summed E-state index contributed by atoms with van der Waals surface area (Å²) in [5, 5.41) is 0. The average molecular weight is 261 g/mol. The molecule has 0 amide bonds. The lowest BCUT2D eigenvalue weighted by molar-refractivity contribution is 0.588. The van der Waals surface area contributed by atoms with Crippen molar-refractivity contribution in [3.63, 3.8) is 0 Å². The lowest BCUT2D eigenvalue weighted by Crippen LogP contribution is -2.18. The van der Waals surface area contributed by atoms with E-state index >= 15 is 0 Å². The topological polar surface area (TPSA) is 46.2 Å². The van der Waals surface area contributed by atoms with E-state index in [1.54, 1.807) is 18.2 Å². The summed E-state index contributed by atoms with van der Waals surface area (Å²) in [5.74, 6) is 0. The predicted octanol–water partition coefficient (Wildman–Crippen LogP) is 2.57. The summed E-state index contributed by atoms with van der Waals surface area (Å²) in [6.07, 6.45) is 0. The predicted molar refractivity (Wildman–Crippen MR) is 72.9 cm³/mol. The smallest absolute Gasteiger partial charge is 0.214 e. The highest BCUT2D eigenvalue weighted by Gasteiger charge is 2.11. The number of rotatable bonds is 3. The average Bonchev–Trinajstić information content (AvgIpc) is 2.40. The van der Waals surface area contributed by atoms with Gasteiger partial charge < -0.3 is 0 Å². The number of hydrogen-bond donors (Lipinski definition) is 1. The van der Waals surface area contributed by atoms with E-state index in [1.807, 2.05) is 37.3 Å². The lowest BCUT2D eigenvalue weighted by atomic mass is 10.0.